The van der Waals surface area contributed by atoms with E-state index in [9.17, 15) is 0 Å². The van der Waals surface area contributed by atoms with E-state index in [1.807, 2.05) is 12.1 Å². The van der Waals surface area contributed by atoms with Crippen LogP contribution >= 0.6 is 0 Å². The summed E-state index contributed by atoms with van der Waals surface area (Å²) in [4.78, 5) is 6.32. The highest BCUT2D eigenvalue weighted by molar-refractivity contribution is 5.55. The molecule has 0 atom stereocenters. The van der Waals surface area contributed by atoms with E-state index < -0.39 is 0 Å². The van der Waals surface area contributed by atoms with Crippen molar-refractivity contribution in [1.82, 2.24) is 4.98 Å². The molecule has 5 nitrogen and oxygen atoms in total. The number of aromatic nitrogens is 1. The molecule has 0 bridgehead atoms. The Morgan fingerprint density at radius 2 is 2.24 bits per heavy atom. The van der Waals surface area contributed by atoms with Gasteiger partial charge in [0.25, 0.3) is 0 Å². The molecule has 1 aromatic rings. The van der Waals surface area contributed by atoms with Crippen LogP contribution in [0, 0.1) is 11.3 Å². The van der Waals surface area contributed by atoms with Gasteiger partial charge in [0.1, 0.15) is 11.9 Å². The van der Waals surface area contributed by atoms with Gasteiger partial charge in [0.2, 0.25) is 0 Å². The molecule has 0 spiro atoms. The third kappa shape index (κ3) is 3.33. The summed E-state index contributed by atoms with van der Waals surface area (Å²) < 4.78 is 5.07. The summed E-state index contributed by atoms with van der Waals surface area (Å²) in [5.74, 6) is 0.753. The summed E-state index contributed by atoms with van der Waals surface area (Å²) in [6.45, 7) is 5.49. The Labute approximate surface area is 102 Å². The van der Waals surface area contributed by atoms with Crippen LogP contribution < -0.4 is 10.6 Å². The number of nitrogens with zero attached hydrogens (tertiary/aromatic N) is 3. The van der Waals surface area contributed by atoms with E-state index in [-0.39, 0.29) is 11.7 Å². The first-order valence-electron chi connectivity index (χ1n) is 5.52. The minimum absolute atomic E-state index is 0.269. The van der Waals surface area contributed by atoms with Gasteiger partial charge in [-0.3, -0.25) is 0 Å². The number of rotatable bonds is 5. The minimum atomic E-state index is 0.269. The van der Waals surface area contributed by atoms with Crippen LogP contribution in [0.4, 0.5) is 11.5 Å². The van der Waals surface area contributed by atoms with Crippen molar-refractivity contribution in [3.05, 3.63) is 17.8 Å². The monoisotopic (exact) mass is 234 g/mol. The summed E-state index contributed by atoms with van der Waals surface area (Å²) in [5.41, 5.74) is 6.33. The van der Waals surface area contributed by atoms with Crippen molar-refractivity contribution in [3.63, 3.8) is 0 Å². The van der Waals surface area contributed by atoms with Crippen LogP contribution in [-0.2, 0) is 4.74 Å². The lowest BCUT2D eigenvalue weighted by atomic mass is 10.2. The molecule has 0 aliphatic carbocycles. The Hall–Kier alpha value is -1.80. The van der Waals surface area contributed by atoms with Crippen molar-refractivity contribution < 1.29 is 4.74 Å². The average molecular weight is 234 g/mol. The summed E-state index contributed by atoms with van der Waals surface area (Å²) in [6.07, 6.45) is 0. The zero-order valence-corrected chi connectivity index (χ0v) is 10.5. The summed E-state index contributed by atoms with van der Waals surface area (Å²) in [7, 11) is 1.66. The molecule has 2 N–H and O–H groups in total. The zero-order valence-electron chi connectivity index (χ0n) is 10.5. The van der Waals surface area contributed by atoms with Gasteiger partial charge in [-0.05, 0) is 26.0 Å². The lowest BCUT2D eigenvalue weighted by Crippen LogP contribution is -2.34. The van der Waals surface area contributed by atoms with Gasteiger partial charge in [-0.1, -0.05) is 0 Å². The first-order valence-corrected chi connectivity index (χ1v) is 5.52. The first-order chi connectivity index (χ1) is 8.10. The second-order valence-corrected chi connectivity index (χ2v) is 4.00. The van der Waals surface area contributed by atoms with Crippen molar-refractivity contribution in [3.8, 4) is 6.07 Å². The van der Waals surface area contributed by atoms with Crippen LogP contribution in [0.25, 0.3) is 0 Å². The molecular weight excluding hydrogens is 216 g/mol. The smallest absolute Gasteiger partial charge is 0.165 e. The van der Waals surface area contributed by atoms with E-state index in [1.54, 1.807) is 13.2 Å². The second kappa shape index (κ2) is 6.06. The van der Waals surface area contributed by atoms with Gasteiger partial charge in [0.05, 0.1) is 12.3 Å². The Kier molecular flexibility index (Phi) is 4.73. The van der Waals surface area contributed by atoms with Crippen molar-refractivity contribution in [2.75, 3.05) is 30.9 Å². The molecule has 1 aromatic heterocycles. The number of nitrogens with two attached hydrogens (primary N) is 1. The number of hydrogen-bond donors (Lipinski definition) is 1. The largest absolute Gasteiger partial charge is 0.396 e. The van der Waals surface area contributed by atoms with Gasteiger partial charge in [-0.25, -0.2) is 4.98 Å². The molecule has 1 heterocycles. The zero-order chi connectivity index (χ0) is 12.8. The maximum atomic E-state index is 8.90. The van der Waals surface area contributed by atoms with Gasteiger partial charge in [0, 0.05) is 19.7 Å². The maximum absolute atomic E-state index is 8.90. The Bertz CT molecular complexity index is 411. The molecule has 0 aliphatic heterocycles. The SMILES string of the molecule is COCCN(c1ccc(N)c(C#N)n1)C(C)C. The third-order valence-electron chi connectivity index (χ3n) is 2.47. The fourth-order valence-electron chi connectivity index (χ4n) is 1.54. The Balaban J connectivity index is 2.98. The fraction of sp³-hybridized carbons (Fsp3) is 0.500. The molecule has 17 heavy (non-hydrogen) atoms. The topological polar surface area (TPSA) is 75.2 Å². The molecule has 5 heteroatoms. The normalized spacial score (nSPS) is 10.3. The summed E-state index contributed by atoms with van der Waals surface area (Å²) in [6, 6.07) is 5.81. The average Bonchev–Trinajstić information content (AvgIpc) is 2.31. The predicted molar refractivity (Wildman–Crippen MR) is 67.7 cm³/mol. The molecule has 1 rings (SSSR count). The van der Waals surface area contributed by atoms with E-state index in [0.29, 0.717) is 12.3 Å². The van der Waals surface area contributed by atoms with Gasteiger partial charge in [-0.2, -0.15) is 5.26 Å². The highest BCUT2D eigenvalue weighted by Crippen LogP contribution is 2.18. The van der Waals surface area contributed by atoms with Crippen LogP contribution in [0.15, 0.2) is 12.1 Å². The molecule has 0 saturated carbocycles. The Morgan fingerprint density at radius 1 is 1.53 bits per heavy atom. The third-order valence-corrected chi connectivity index (χ3v) is 2.47. The number of pyridine rings is 1. The highest BCUT2D eigenvalue weighted by Gasteiger charge is 2.13. The molecular formula is C12H18N4O. The maximum Gasteiger partial charge on any atom is 0.165 e. The van der Waals surface area contributed by atoms with Gasteiger partial charge in [0.15, 0.2) is 5.69 Å². The van der Waals surface area contributed by atoms with Crippen LogP contribution in [-0.4, -0.2) is 31.3 Å². The van der Waals surface area contributed by atoms with Gasteiger partial charge in [-0.15, -0.1) is 0 Å². The first kappa shape index (κ1) is 13.3. The van der Waals surface area contributed by atoms with Crippen molar-refractivity contribution in [2.45, 2.75) is 19.9 Å². The number of anilines is 2. The summed E-state index contributed by atoms with van der Waals surface area (Å²) in [5, 5.41) is 8.90. The number of hydrogen-bond acceptors (Lipinski definition) is 5. The molecule has 0 unspecified atom stereocenters. The number of nitriles is 1. The van der Waals surface area contributed by atoms with E-state index >= 15 is 0 Å². The molecule has 0 amide bonds. The van der Waals surface area contributed by atoms with E-state index in [4.69, 9.17) is 15.7 Å². The molecule has 0 fully saturated rings. The van der Waals surface area contributed by atoms with Crippen molar-refractivity contribution >= 4 is 11.5 Å². The van der Waals surface area contributed by atoms with E-state index in [1.165, 1.54) is 0 Å². The Morgan fingerprint density at radius 3 is 2.76 bits per heavy atom. The van der Waals surface area contributed by atoms with Crippen LogP contribution in [0.3, 0.4) is 0 Å². The number of methoxy groups -OCH3 is 1. The van der Waals surface area contributed by atoms with E-state index in [2.05, 4.69) is 23.7 Å². The molecule has 0 saturated heterocycles. The lowest BCUT2D eigenvalue weighted by molar-refractivity contribution is 0.203. The van der Waals surface area contributed by atoms with Crippen LogP contribution in [0.5, 0.6) is 0 Å². The highest BCUT2D eigenvalue weighted by atomic mass is 16.5. The molecule has 0 aromatic carbocycles. The quantitative estimate of drug-likeness (QED) is 0.833. The second-order valence-electron chi connectivity index (χ2n) is 4.00. The van der Waals surface area contributed by atoms with Gasteiger partial charge >= 0.3 is 0 Å². The van der Waals surface area contributed by atoms with Crippen molar-refractivity contribution in [2.24, 2.45) is 0 Å². The molecule has 0 radical (unpaired) electrons. The molecule has 92 valence electrons. The molecule has 0 aliphatic rings. The fourth-order valence-corrected chi connectivity index (χ4v) is 1.54. The lowest BCUT2D eigenvalue weighted by Gasteiger charge is -2.27. The predicted octanol–water partition coefficient (Wildman–Crippen LogP) is 1.40. The van der Waals surface area contributed by atoms with Crippen molar-refractivity contribution in [1.29, 1.82) is 5.26 Å². The number of ether oxygens (including phenoxy) is 1. The van der Waals surface area contributed by atoms with Gasteiger partial charge < -0.3 is 15.4 Å². The van der Waals surface area contributed by atoms with Crippen LogP contribution in [0.1, 0.15) is 19.5 Å². The van der Waals surface area contributed by atoms with Crippen LogP contribution in [0.2, 0.25) is 0 Å². The number of nitrogen functional groups attached to an aromatic ring is 1. The standard InChI is InChI=1S/C12H18N4O/c1-9(2)16(6-7-17-3)12-5-4-10(14)11(8-13)15-12/h4-5,9H,6-7,14H2,1-3H3. The summed E-state index contributed by atoms with van der Waals surface area (Å²) >= 11 is 0. The van der Waals surface area contributed by atoms with E-state index in [0.717, 1.165) is 12.4 Å². The minimum Gasteiger partial charge on any atom is -0.396 e.